The van der Waals surface area contributed by atoms with Crippen LogP contribution in [0.25, 0.3) is 10.2 Å². The van der Waals surface area contributed by atoms with Crippen molar-refractivity contribution in [2.45, 2.75) is 13.8 Å². The number of hydrogen-bond donors (Lipinski definition) is 3. The number of benzene rings is 1. The second-order valence-corrected chi connectivity index (χ2v) is 6.23. The SMILES string of the molecule is CC(=O)Nc1ccc2nc(NC(=O)c3cc(C(C)=O)c[nH]3)sc2c1. The number of aromatic amines is 1. The van der Waals surface area contributed by atoms with E-state index in [0.29, 0.717) is 22.1 Å². The number of carbonyl (C=O) groups is 3. The van der Waals surface area contributed by atoms with E-state index in [-0.39, 0.29) is 17.6 Å². The van der Waals surface area contributed by atoms with E-state index in [1.165, 1.54) is 37.4 Å². The minimum absolute atomic E-state index is 0.115. The normalized spacial score (nSPS) is 10.6. The van der Waals surface area contributed by atoms with Gasteiger partial charge in [0.1, 0.15) is 5.69 Å². The van der Waals surface area contributed by atoms with Crippen LogP contribution in [0.2, 0.25) is 0 Å². The molecule has 3 aromatic rings. The fraction of sp³-hybridized carbons (Fsp3) is 0.125. The molecule has 3 N–H and O–H groups in total. The van der Waals surface area contributed by atoms with Crippen molar-refractivity contribution in [1.82, 2.24) is 9.97 Å². The van der Waals surface area contributed by atoms with Gasteiger partial charge in [-0.2, -0.15) is 0 Å². The number of amides is 2. The van der Waals surface area contributed by atoms with E-state index in [4.69, 9.17) is 0 Å². The molecular weight excluding hydrogens is 328 g/mol. The molecule has 0 aliphatic heterocycles. The predicted molar refractivity (Wildman–Crippen MR) is 92.7 cm³/mol. The van der Waals surface area contributed by atoms with E-state index in [1.807, 2.05) is 0 Å². The van der Waals surface area contributed by atoms with Crippen LogP contribution in [-0.2, 0) is 4.79 Å². The van der Waals surface area contributed by atoms with E-state index in [9.17, 15) is 14.4 Å². The third-order valence-electron chi connectivity index (χ3n) is 3.26. The molecule has 0 bridgehead atoms. The fourth-order valence-corrected chi connectivity index (χ4v) is 3.05. The first-order valence-corrected chi connectivity index (χ1v) is 7.93. The Morgan fingerprint density at radius 1 is 1.12 bits per heavy atom. The lowest BCUT2D eigenvalue weighted by molar-refractivity contribution is -0.114. The van der Waals surface area contributed by atoms with Crippen molar-refractivity contribution >= 4 is 50.0 Å². The summed E-state index contributed by atoms with van der Waals surface area (Å²) in [6.45, 7) is 2.87. The average Bonchev–Trinajstić information content (AvgIpc) is 3.12. The Hall–Kier alpha value is -3.00. The van der Waals surface area contributed by atoms with Crippen LogP contribution in [-0.4, -0.2) is 27.6 Å². The van der Waals surface area contributed by atoms with Crippen LogP contribution in [0.15, 0.2) is 30.5 Å². The zero-order valence-corrected chi connectivity index (χ0v) is 13.8. The molecule has 24 heavy (non-hydrogen) atoms. The standard InChI is InChI=1S/C16H14N4O3S/c1-8(21)10-5-13(17-7-10)15(23)20-16-19-12-4-3-11(18-9(2)22)6-14(12)24-16/h3-7,17H,1-2H3,(H,18,22)(H,19,20,23). The number of anilines is 2. The average molecular weight is 342 g/mol. The molecule has 3 rings (SSSR count). The molecule has 0 radical (unpaired) electrons. The molecule has 122 valence electrons. The van der Waals surface area contributed by atoms with Crippen LogP contribution in [0.3, 0.4) is 0 Å². The Morgan fingerprint density at radius 3 is 2.58 bits per heavy atom. The Balaban J connectivity index is 1.80. The van der Waals surface area contributed by atoms with E-state index in [1.54, 1.807) is 18.2 Å². The second-order valence-electron chi connectivity index (χ2n) is 5.20. The highest BCUT2D eigenvalue weighted by Gasteiger charge is 2.13. The molecule has 2 aromatic heterocycles. The van der Waals surface area contributed by atoms with Crippen LogP contribution >= 0.6 is 11.3 Å². The minimum atomic E-state index is -0.372. The summed E-state index contributed by atoms with van der Waals surface area (Å²) in [7, 11) is 0. The number of nitrogens with zero attached hydrogens (tertiary/aromatic N) is 1. The molecule has 0 aliphatic rings. The highest BCUT2D eigenvalue weighted by molar-refractivity contribution is 7.22. The minimum Gasteiger partial charge on any atom is -0.356 e. The first-order chi connectivity index (χ1) is 11.4. The van der Waals surface area contributed by atoms with E-state index < -0.39 is 0 Å². The number of Topliss-reactive ketones (excluding diaryl/α,β-unsaturated/α-hetero) is 1. The van der Waals surface area contributed by atoms with Gasteiger partial charge < -0.3 is 10.3 Å². The summed E-state index contributed by atoms with van der Waals surface area (Å²) in [5, 5.41) is 5.84. The van der Waals surface area contributed by atoms with Crippen molar-refractivity contribution in [2.24, 2.45) is 0 Å². The number of ketones is 1. The van der Waals surface area contributed by atoms with Gasteiger partial charge in [-0.25, -0.2) is 4.98 Å². The summed E-state index contributed by atoms with van der Waals surface area (Å²) in [5.74, 6) is -0.639. The van der Waals surface area contributed by atoms with Gasteiger partial charge in [0.2, 0.25) is 5.91 Å². The van der Waals surface area contributed by atoms with Gasteiger partial charge in [0.15, 0.2) is 10.9 Å². The van der Waals surface area contributed by atoms with Crippen LogP contribution in [0.5, 0.6) is 0 Å². The van der Waals surface area contributed by atoms with E-state index >= 15 is 0 Å². The lowest BCUT2D eigenvalue weighted by atomic mass is 10.2. The third kappa shape index (κ3) is 3.33. The van der Waals surface area contributed by atoms with Gasteiger partial charge in [-0.1, -0.05) is 11.3 Å². The zero-order valence-electron chi connectivity index (χ0n) is 13.0. The van der Waals surface area contributed by atoms with Crippen molar-refractivity contribution in [3.8, 4) is 0 Å². The maximum Gasteiger partial charge on any atom is 0.273 e. The lowest BCUT2D eigenvalue weighted by Gasteiger charge is -1.99. The van der Waals surface area contributed by atoms with Crippen LogP contribution < -0.4 is 10.6 Å². The highest BCUT2D eigenvalue weighted by Crippen LogP contribution is 2.28. The van der Waals surface area contributed by atoms with Gasteiger partial charge >= 0.3 is 0 Å². The summed E-state index contributed by atoms with van der Waals surface area (Å²) < 4.78 is 0.840. The number of thiazole rings is 1. The van der Waals surface area contributed by atoms with Gasteiger partial charge in [-0.15, -0.1) is 0 Å². The Bertz CT molecular complexity index is 957. The quantitative estimate of drug-likeness (QED) is 0.634. The van der Waals surface area contributed by atoms with E-state index in [2.05, 4.69) is 20.6 Å². The third-order valence-corrected chi connectivity index (χ3v) is 4.20. The second kappa shape index (κ2) is 6.25. The van der Waals surface area contributed by atoms with Crippen molar-refractivity contribution < 1.29 is 14.4 Å². The number of fused-ring (bicyclic) bond motifs is 1. The van der Waals surface area contributed by atoms with Crippen molar-refractivity contribution in [1.29, 1.82) is 0 Å². The molecule has 0 aliphatic carbocycles. The van der Waals surface area contributed by atoms with Gasteiger partial charge in [0, 0.05) is 24.4 Å². The van der Waals surface area contributed by atoms with Crippen molar-refractivity contribution in [3.05, 3.63) is 41.7 Å². The smallest absolute Gasteiger partial charge is 0.273 e. The highest BCUT2D eigenvalue weighted by atomic mass is 32.1. The molecule has 2 heterocycles. The molecule has 0 spiro atoms. The molecule has 1 aromatic carbocycles. The number of rotatable bonds is 4. The largest absolute Gasteiger partial charge is 0.356 e. The molecule has 2 amide bonds. The maximum atomic E-state index is 12.2. The molecule has 7 nitrogen and oxygen atoms in total. The summed E-state index contributed by atoms with van der Waals surface area (Å²) in [5.41, 5.74) is 2.13. The first-order valence-electron chi connectivity index (χ1n) is 7.11. The number of H-pyrrole nitrogens is 1. The maximum absolute atomic E-state index is 12.2. The Morgan fingerprint density at radius 2 is 1.92 bits per heavy atom. The fourth-order valence-electron chi connectivity index (χ4n) is 2.15. The summed E-state index contributed by atoms with van der Waals surface area (Å²) in [4.78, 5) is 41.7. The summed E-state index contributed by atoms with van der Waals surface area (Å²) >= 11 is 1.30. The molecule has 0 saturated heterocycles. The number of carbonyl (C=O) groups excluding carboxylic acids is 3. The van der Waals surface area contributed by atoms with Crippen LogP contribution in [0, 0.1) is 0 Å². The number of nitrogens with one attached hydrogen (secondary N) is 3. The van der Waals surface area contributed by atoms with Gasteiger partial charge in [-0.05, 0) is 31.2 Å². The number of hydrogen-bond acceptors (Lipinski definition) is 5. The van der Waals surface area contributed by atoms with Gasteiger partial charge in [0.05, 0.1) is 10.2 Å². The topological polar surface area (TPSA) is 104 Å². The summed E-state index contributed by atoms with van der Waals surface area (Å²) in [6.07, 6.45) is 1.50. The molecule has 0 unspecified atom stereocenters. The van der Waals surface area contributed by atoms with Crippen LogP contribution in [0.4, 0.5) is 10.8 Å². The van der Waals surface area contributed by atoms with Gasteiger partial charge in [-0.3, -0.25) is 19.7 Å². The molecule has 0 saturated carbocycles. The summed E-state index contributed by atoms with van der Waals surface area (Å²) in [6, 6.07) is 6.82. The molecule has 0 atom stereocenters. The van der Waals surface area contributed by atoms with Crippen molar-refractivity contribution in [2.75, 3.05) is 10.6 Å². The predicted octanol–water partition coefficient (Wildman–Crippen LogP) is 3.04. The van der Waals surface area contributed by atoms with Crippen molar-refractivity contribution in [3.63, 3.8) is 0 Å². The Labute approximate surface area is 141 Å². The Kier molecular flexibility index (Phi) is 4.13. The first kappa shape index (κ1) is 15.9. The van der Waals surface area contributed by atoms with Gasteiger partial charge in [0.25, 0.3) is 5.91 Å². The zero-order chi connectivity index (χ0) is 17.3. The molecule has 0 fully saturated rings. The molecular formula is C16H14N4O3S. The number of aromatic nitrogens is 2. The van der Waals surface area contributed by atoms with Crippen LogP contribution in [0.1, 0.15) is 34.7 Å². The molecule has 8 heteroatoms. The van der Waals surface area contributed by atoms with E-state index in [0.717, 1.165) is 10.2 Å². The lowest BCUT2D eigenvalue weighted by Crippen LogP contribution is -2.11. The monoisotopic (exact) mass is 342 g/mol.